The summed E-state index contributed by atoms with van der Waals surface area (Å²) in [5.41, 5.74) is 0.715. The van der Waals surface area contributed by atoms with Gasteiger partial charge in [0.2, 0.25) is 15.9 Å². The maximum atomic E-state index is 13.5. The number of hydrogen-bond donors (Lipinski definition) is 2. The van der Waals surface area contributed by atoms with Crippen LogP contribution in [0.5, 0.6) is 0 Å². The maximum absolute atomic E-state index is 13.5. The fourth-order valence-corrected chi connectivity index (χ4v) is 3.57. The van der Waals surface area contributed by atoms with Crippen LogP contribution in [0.2, 0.25) is 0 Å². The lowest BCUT2D eigenvalue weighted by Crippen LogP contribution is -2.35. The number of aryl methyl sites for hydroxylation is 2. The minimum atomic E-state index is -3.87. The first kappa shape index (κ1) is 17.1. The number of nitrogens with zero attached hydrogens (tertiary/aromatic N) is 2. The molecule has 2 aromatic rings. The molecule has 0 radical (unpaired) electrons. The fraction of sp³-hybridized carbons (Fsp3) is 0.286. The molecule has 0 saturated heterocycles. The van der Waals surface area contributed by atoms with E-state index in [0.717, 1.165) is 4.31 Å². The average Bonchev–Trinajstić information content (AvgIpc) is 2.81. The summed E-state index contributed by atoms with van der Waals surface area (Å²) in [5, 5.41) is 8.78. The van der Waals surface area contributed by atoms with Crippen LogP contribution in [-0.4, -0.2) is 42.4 Å². The second-order valence-electron chi connectivity index (χ2n) is 5.05. The molecule has 23 heavy (non-hydrogen) atoms. The average molecular weight is 340 g/mol. The van der Waals surface area contributed by atoms with Crippen molar-refractivity contribution in [1.29, 1.82) is 0 Å². The van der Waals surface area contributed by atoms with Crippen LogP contribution in [0.25, 0.3) is 0 Å². The number of H-pyrrole nitrogens is 1. The summed E-state index contributed by atoms with van der Waals surface area (Å²) in [6.07, 6.45) is 0. The molecule has 9 heteroatoms. The maximum Gasteiger partial charge on any atom is 0.246 e. The molecule has 0 unspecified atom stereocenters. The van der Waals surface area contributed by atoms with Crippen LogP contribution in [0.1, 0.15) is 11.4 Å². The number of rotatable bonds is 5. The molecule has 2 rings (SSSR count). The van der Waals surface area contributed by atoms with E-state index in [-0.39, 0.29) is 10.6 Å². The number of amides is 1. The van der Waals surface area contributed by atoms with Gasteiger partial charge in [-0.05, 0) is 26.0 Å². The third-order valence-electron chi connectivity index (χ3n) is 3.24. The largest absolute Gasteiger partial charge is 0.322 e. The molecule has 7 nitrogen and oxygen atoms in total. The van der Waals surface area contributed by atoms with Gasteiger partial charge in [0.1, 0.15) is 10.7 Å². The Labute approximate surface area is 133 Å². The van der Waals surface area contributed by atoms with Crippen LogP contribution in [0.4, 0.5) is 10.1 Å². The molecule has 0 aliphatic heterocycles. The number of hydrogen-bond acceptors (Lipinski definition) is 4. The van der Waals surface area contributed by atoms with E-state index >= 15 is 0 Å². The highest BCUT2D eigenvalue weighted by molar-refractivity contribution is 7.89. The van der Waals surface area contributed by atoms with Gasteiger partial charge in [-0.1, -0.05) is 12.1 Å². The van der Waals surface area contributed by atoms with E-state index in [9.17, 15) is 17.6 Å². The summed E-state index contributed by atoms with van der Waals surface area (Å²) >= 11 is 0. The van der Waals surface area contributed by atoms with Crippen LogP contribution < -0.4 is 5.32 Å². The standard InChI is InChI=1S/C14H17FN4O3S/c1-9-14(10(2)18-17-9)23(21,22)19(3)8-13(20)16-12-7-5-4-6-11(12)15/h4-7H,8H2,1-3H3,(H,16,20)(H,17,18). The second kappa shape index (κ2) is 6.47. The number of carbonyl (C=O) groups excluding carboxylic acids is 1. The lowest BCUT2D eigenvalue weighted by Gasteiger charge is -2.17. The molecular formula is C14H17FN4O3S. The summed E-state index contributed by atoms with van der Waals surface area (Å²) in [7, 11) is -2.59. The van der Waals surface area contributed by atoms with Gasteiger partial charge in [-0.25, -0.2) is 12.8 Å². The number of benzene rings is 1. The number of sulfonamides is 1. The molecule has 0 aliphatic rings. The van der Waals surface area contributed by atoms with Crippen LogP contribution >= 0.6 is 0 Å². The van der Waals surface area contributed by atoms with Gasteiger partial charge < -0.3 is 5.32 Å². The van der Waals surface area contributed by atoms with Gasteiger partial charge in [0.25, 0.3) is 0 Å². The van der Waals surface area contributed by atoms with Crippen molar-refractivity contribution in [2.75, 3.05) is 18.9 Å². The van der Waals surface area contributed by atoms with Gasteiger partial charge in [0.15, 0.2) is 0 Å². The Balaban J connectivity index is 2.14. The van der Waals surface area contributed by atoms with Gasteiger partial charge in [0.05, 0.1) is 23.6 Å². The van der Waals surface area contributed by atoms with Crippen LogP contribution in [0.15, 0.2) is 29.2 Å². The predicted molar refractivity (Wildman–Crippen MR) is 82.9 cm³/mol. The van der Waals surface area contributed by atoms with E-state index in [2.05, 4.69) is 15.5 Å². The molecule has 0 saturated carbocycles. The fourth-order valence-electron chi connectivity index (χ4n) is 2.12. The Morgan fingerprint density at radius 1 is 1.35 bits per heavy atom. The number of halogens is 1. The van der Waals surface area contributed by atoms with Crippen LogP contribution in [0, 0.1) is 19.7 Å². The zero-order valence-electron chi connectivity index (χ0n) is 12.9. The Kier molecular flexibility index (Phi) is 4.81. The SMILES string of the molecule is Cc1n[nH]c(C)c1S(=O)(=O)N(C)CC(=O)Nc1ccccc1F. The summed E-state index contributed by atoms with van der Waals surface area (Å²) in [4.78, 5) is 12.0. The highest BCUT2D eigenvalue weighted by Gasteiger charge is 2.28. The van der Waals surface area contributed by atoms with Crippen LogP contribution in [0.3, 0.4) is 0 Å². The molecule has 0 fully saturated rings. The first-order valence-electron chi connectivity index (χ1n) is 6.75. The minimum absolute atomic E-state index is 0.000954. The van der Waals surface area contributed by atoms with E-state index in [1.165, 1.54) is 25.2 Å². The number of aromatic amines is 1. The predicted octanol–water partition coefficient (Wildman–Crippen LogP) is 1.42. The van der Waals surface area contributed by atoms with E-state index in [1.807, 2.05) is 0 Å². The molecule has 2 N–H and O–H groups in total. The summed E-state index contributed by atoms with van der Waals surface area (Å²) < 4.78 is 39.4. The zero-order chi connectivity index (χ0) is 17.2. The molecule has 1 amide bonds. The molecule has 0 atom stereocenters. The van der Waals surface area contributed by atoms with Crippen molar-refractivity contribution < 1.29 is 17.6 Å². The van der Waals surface area contributed by atoms with Gasteiger partial charge in [-0.15, -0.1) is 0 Å². The number of aromatic nitrogens is 2. The van der Waals surface area contributed by atoms with Gasteiger partial charge in [-0.3, -0.25) is 9.89 Å². The van der Waals surface area contributed by atoms with E-state index in [0.29, 0.717) is 11.4 Å². The summed E-state index contributed by atoms with van der Waals surface area (Å²) in [6.45, 7) is 2.70. The topological polar surface area (TPSA) is 95.2 Å². The molecular weight excluding hydrogens is 323 g/mol. The van der Waals surface area contributed by atoms with Crippen molar-refractivity contribution in [2.24, 2.45) is 0 Å². The van der Waals surface area contributed by atoms with Crippen LogP contribution in [-0.2, 0) is 14.8 Å². The van der Waals surface area contributed by atoms with Gasteiger partial charge in [-0.2, -0.15) is 9.40 Å². The number of para-hydroxylation sites is 1. The molecule has 0 bridgehead atoms. The smallest absolute Gasteiger partial charge is 0.246 e. The quantitative estimate of drug-likeness (QED) is 0.861. The van der Waals surface area contributed by atoms with Crippen molar-refractivity contribution in [3.63, 3.8) is 0 Å². The minimum Gasteiger partial charge on any atom is -0.322 e. The van der Waals surface area contributed by atoms with Crippen molar-refractivity contribution in [2.45, 2.75) is 18.7 Å². The Bertz CT molecular complexity index is 813. The number of likely N-dealkylation sites (N-methyl/N-ethyl adjacent to an activating group) is 1. The normalized spacial score (nSPS) is 11.7. The number of carbonyl (C=O) groups is 1. The first-order valence-corrected chi connectivity index (χ1v) is 8.19. The number of nitrogens with one attached hydrogen (secondary N) is 2. The third-order valence-corrected chi connectivity index (χ3v) is 5.31. The second-order valence-corrected chi connectivity index (χ2v) is 7.03. The van der Waals surface area contributed by atoms with Crippen molar-refractivity contribution >= 4 is 21.6 Å². The Hall–Kier alpha value is -2.26. The van der Waals surface area contributed by atoms with Crippen molar-refractivity contribution in [3.05, 3.63) is 41.5 Å². The highest BCUT2D eigenvalue weighted by Crippen LogP contribution is 2.20. The van der Waals surface area contributed by atoms with E-state index in [4.69, 9.17) is 0 Å². The summed E-state index contributed by atoms with van der Waals surface area (Å²) in [5.74, 6) is -1.23. The molecule has 0 spiro atoms. The van der Waals surface area contributed by atoms with Gasteiger partial charge >= 0.3 is 0 Å². The highest BCUT2D eigenvalue weighted by atomic mass is 32.2. The molecule has 124 valence electrons. The summed E-state index contributed by atoms with van der Waals surface area (Å²) in [6, 6.07) is 5.66. The first-order chi connectivity index (χ1) is 10.7. The molecule has 1 aromatic carbocycles. The van der Waals surface area contributed by atoms with E-state index < -0.39 is 28.3 Å². The number of anilines is 1. The lowest BCUT2D eigenvalue weighted by atomic mass is 10.3. The molecule has 1 aromatic heterocycles. The monoisotopic (exact) mass is 340 g/mol. The molecule has 0 aliphatic carbocycles. The third kappa shape index (κ3) is 3.57. The Morgan fingerprint density at radius 2 is 2.00 bits per heavy atom. The lowest BCUT2D eigenvalue weighted by molar-refractivity contribution is -0.116. The van der Waals surface area contributed by atoms with Gasteiger partial charge in [0, 0.05) is 7.05 Å². The van der Waals surface area contributed by atoms with Crippen molar-refractivity contribution in [3.8, 4) is 0 Å². The molecule has 1 heterocycles. The zero-order valence-corrected chi connectivity index (χ0v) is 13.7. The Morgan fingerprint density at radius 3 is 2.57 bits per heavy atom. The van der Waals surface area contributed by atoms with E-state index in [1.54, 1.807) is 19.9 Å². The van der Waals surface area contributed by atoms with Crippen molar-refractivity contribution in [1.82, 2.24) is 14.5 Å².